The monoisotopic (exact) mass is 261 g/mol. The summed E-state index contributed by atoms with van der Waals surface area (Å²) in [5, 5.41) is 9.25. The molecule has 4 heteroatoms. The summed E-state index contributed by atoms with van der Waals surface area (Å²) in [6.45, 7) is 3.91. The van der Waals surface area contributed by atoms with E-state index in [-0.39, 0.29) is 11.7 Å². The van der Waals surface area contributed by atoms with E-state index in [1.807, 2.05) is 13.8 Å². The van der Waals surface area contributed by atoms with Crippen molar-refractivity contribution in [1.82, 2.24) is 0 Å². The van der Waals surface area contributed by atoms with E-state index in [4.69, 9.17) is 9.47 Å². The number of carbonyl (C=O) groups is 1. The van der Waals surface area contributed by atoms with Gasteiger partial charge in [0.25, 0.3) is 0 Å². The molecule has 1 aromatic carbocycles. The van der Waals surface area contributed by atoms with E-state index in [0.717, 1.165) is 0 Å². The van der Waals surface area contributed by atoms with Crippen molar-refractivity contribution in [3.8, 4) is 17.6 Å². The van der Waals surface area contributed by atoms with Crippen LogP contribution in [-0.4, -0.2) is 20.0 Å². The predicted octanol–water partition coefficient (Wildman–Crippen LogP) is 2.93. The highest BCUT2D eigenvalue weighted by atomic mass is 16.5. The standard InChI is InChI=1S/C15H19NO3/c1-10(2)7-14(17)13(9-16)12-6-5-11(18-3)8-15(12)19-4/h5-6,8,10,13H,7H2,1-4H3. The normalized spacial score (nSPS) is 11.8. The van der Waals surface area contributed by atoms with Gasteiger partial charge in [0.2, 0.25) is 0 Å². The van der Waals surface area contributed by atoms with Gasteiger partial charge in [-0.3, -0.25) is 4.79 Å². The minimum Gasteiger partial charge on any atom is -0.497 e. The second-order valence-electron chi connectivity index (χ2n) is 4.73. The molecular formula is C15H19NO3. The maximum atomic E-state index is 12.1. The van der Waals surface area contributed by atoms with Crippen LogP contribution < -0.4 is 9.47 Å². The largest absolute Gasteiger partial charge is 0.497 e. The third-order valence-corrected chi connectivity index (χ3v) is 2.81. The van der Waals surface area contributed by atoms with E-state index in [2.05, 4.69) is 6.07 Å². The number of nitrogens with zero attached hydrogens (tertiary/aromatic N) is 1. The molecule has 0 saturated heterocycles. The number of methoxy groups -OCH3 is 2. The van der Waals surface area contributed by atoms with Crippen LogP contribution in [0.5, 0.6) is 11.5 Å². The number of hydrogen-bond donors (Lipinski definition) is 0. The van der Waals surface area contributed by atoms with Crippen LogP contribution in [0, 0.1) is 17.2 Å². The van der Waals surface area contributed by atoms with Gasteiger partial charge in [-0.1, -0.05) is 13.8 Å². The molecule has 0 spiro atoms. The molecule has 0 radical (unpaired) electrons. The van der Waals surface area contributed by atoms with Crippen LogP contribution in [0.1, 0.15) is 31.7 Å². The van der Waals surface area contributed by atoms with E-state index in [1.54, 1.807) is 25.3 Å². The van der Waals surface area contributed by atoms with Crippen molar-refractivity contribution >= 4 is 5.78 Å². The minimum atomic E-state index is -0.789. The first kappa shape index (κ1) is 15.0. The van der Waals surface area contributed by atoms with Gasteiger partial charge < -0.3 is 9.47 Å². The summed E-state index contributed by atoms with van der Waals surface area (Å²) in [5.74, 6) is 0.494. The zero-order chi connectivity index (χ0) is 14.4. The summed E-state index contributed by atoms with van der Waals surface area (Å²) < 4.78 is 10.3. The van der Waals surface area contributed by atoms with Crippen LogP contribution in [0.3, 0.4) is 0 Å². The molecule has 0 aliphatic rings. The summed E-state index contributed by atoms with van der Waals surface area (Å²) in [7, 11) is 3.07. The molecule has 0 N–H and O–H groups in total. The van der Waals surface area contributed by atoms with Crippen molar-refractivity contribution < 1.29 is 14.3 Å². The number of ketones is 1. The molecule has 0 aliphatic carbocycles. The molecule has 1 rings (SSSR count). The Morgan fingerprint density at radius 1 is 1.32 bits per heavy atom. The summed E-state index contributed by atoms with van der Waals surface area (Å²) in [5.41, 5.74) is 0.594. The molecule has 0 aromatic heterocycles. The van der Waals surface area contributed by atoms with E-state index in [0.29, 0.717) is 23.5 Å². The molecule has 19 heavy (non-hydrogen) atoms. The molecule has 0 heterocycles. The highest BCUT2D eigenvalue weighted by molar-refractivity contribution is 5.89. The lowest BCUT2D eigenvalue weighted by atomic mass is 9.90. The van der Waals surface area contributed by atoms with Gasteiger partial charge in [-0.25, -0.2) is 0 Å². The van der Waals surface area contributed by atoms with Gasteiger partial charge in [0.1, 0.15) is 17.4 Å². The Labute approximate surface area is 113 Å². The second-order valence-corrected chi connectivity index (χ2v) is 4.73. The van der Waals surface area contributed by atoms with E-state index >= 15 is 0 Å². The Morgan fingerprint density at radius 3 is 2.47 bits per heavy atom. The van der Waals surface area contributed by atoms with Gasteiger partial charge in [-0.15, -0.1) is 0 Å². The second kappa shape index (κ2) is 6.79. The topological polar surface area (TPSA) is 59.3 Å². The molecule has 1 atom stereocenters. The lowest BCUT2D eigenvalue weighted by Crippen LogP contribution is -2.14. The van der Waals surface area contributed by atoms with E-state index in [1.165, 1.54) is 7.11 Å². The number of carbonyl (C=O) groups excluding carboxylic acids is 1. The van der Waals surface area contributed by atoms with E-state index < -0.39 is 5.92 Å². The lowest BCUT2D eigenvalue weighted by molar-refractivity contribution is -0.120. The Hall–Kier alpha value is -2.02. The zero-order valence-corrected chi connectivity index (χ0v) is 11.8. The average molecular weight is 261 g/mol. The van der Waals surface area contributed by atoms with E-state index in [9.17, 15) is 10.1 Å². The first-order valence-corrected chi connectivity index (χ1v) is 6.17. The van der Waals surface area contributed by atoms with Crippen LogP contribution in [0.25, 0.3) is 0 Å². The fraction of sp³-hybridized carbons (Fsp3) is 0.467. The molecule has 0 amide bonds. The Balaban J connectivity index is 3.11. The number of ether oxygens (including phenoxy) is 2. The fourth-order valence-corrected chi connectivity index (χ4v) is 1.89. The van der Waals surface area contributed by atoms with Crippen LogP contribution >= 0.6 is 0 Å². The molecule has 102 valence electrons. The van der Waals surface area contributed by atoms with Crippen LogP contribution in [-0.2, 0) is 4.79 Å². The number of nitriles is 1. The molecular weight excluding hydrogens is 242 g/mol. The summed E-state index contributed by atoms with van der Waals surface area (Å²) in [4.78, 5) is 12.1. The fourth-order valence-electron chi connectivity index (χ4n) is 1.89. The molecule has 0 bridgehead atoms. The van der Waals surface area contributed by atoms with Crippen molar-refractivity contribution in [2.24, 2.45) is 5.92 Å². The Morgan fingerprint density at radius 2 is 2.00 bits per heavy atom. The summed E-state index contributed by atoms with van der Waals surface area (Å²) in [6.07, 6.45) is 0.382. The van der Waals surface area contributed by atoms with Gasteiger partial charge in [-0.05, 0) is 18.1 Å². The van der Waals surface area contributed by atoms with Crippen molar-refractivity contribution in [2.75, 3.05) is 14.2 Å². The van der Waals surface area contributed by atoms with Gasteiger partial charge >= 0.3 is 0 Å². The van der Waals surface area contributed by atoms with Crippen molar-refractivity contribution in [2.45, 2.75) is 26.2 Å². The molecule has 1 aromatic rings. The highest BCUT2D eigenvalue weighted by Gasteiger charge is 2.24. The van der Waals surface area contributed by atoms with Crippen molar-refractivity contribution in [3.63, 3.8) is 0 Å². The predicted molar refractivity (Wildman–Crippen MR) is 72.4 cm³/mol. The SMILES string of the molecule is COc1ccc(C(C#N)C(=O)CC(C)C)c(OC)c1. The molecule has 0 fully saturated rings. The minimum absolute atomic E-state index is 0.0824. The average Bonchev–Trinajstić information content (AvgIpc) is 2.39. The maximum Gasteiger partial charge on any atom is 0.154 e. The zero-order valence-electron chi connectivity index (χ0n) is 11.8. The van der Waals surface area contributed by atoms with Crippen molar-refractivity contribution in [1.29, 1.82) is 5.26 Å². The Bertz CT molecular complexity index is 489. The quantitative estimate of drug-likeness (QED) is 0.790. The summed E-state index contributed by atoms with van der Waals surface area (Å²) in [6, 6.07) is 7.19. The number of Topliss-reactive ketones (excluding diaryl/α,β-unsaturated/α-hetero) is 1. The van der Waals surface area contributed by atoms with Gasteiger partial charge in [0.15, 0.2) is 5.78 Å². The van der Waals surface area contributed by atoms with Crippen molar-refractivity contribution in [3.05, 3.63) is 23.8 Å². The first-order valence-electron chi connectivity index (χ1n) is 6.17. The van der Waals surface area contributed by atoms with Gasteiger partial charge in [0.05, 0.1) is 20.3 Å². The maximum absolute atomic E-state index is 12.1. The third kappa shape index (κ3) is 3.72. The molecule has 0 saturated carbocycles. The third-order valence-electron chi connectivity index (χ3n) is 2.81. The smallest absolute Gasteiger partial charge is 0.154 e. The lowest BCUT2D eigenvalue weighted by Gasteiger charge is -2.15. The number of benzene rings is 1. The van der Waals surface area contributed by atoms with Gasteiger partial charge in [-0.2, -0.15) is 5.26 Å². The highest BCUT2D eigenvalue weighted by Crippen LogP contribution is 2.31. The Kier molecular flexibility index (Phi) is 5.37. The van der Waals surface area contributed by atoms with Gasteiger partial charge in [0, 0.05) is 18.1 Å². The molecule has 1 unspecified atom stereocenters. The number of rotatable bonds is 6. The molecule has 0 aliphatic heterocycles. The van der Waals surface area contributed by atoms with Crippen LogP contribution in [0.15, 0.2) is 18.2 Å². The molecule has 4 nitrogen and oxygen atoms in total. The van der Waals surface area contributed by atoms with Crippen LogP contribution in [0.4, 0.5) is 0 Å². The van der Waals surface area contributed by atoms with Crippen LogP contribution in [0.2, 0.25) is 0 Å². The first-order chi connectivity index (χ1) is 9.03. The number of hydrogen-bond acceptors (Lipinski definition) is 4. The summed E-state index contributed by atoms with van der Waals surface area (Å²) >= 11 is 0.